The molecular weight excluding hydrogens is 884 g/mol. The minimum absolute atomic E-state index is 0.00880. The van der Waals surface area contributed by atoms with Crippen molar-refractivity contribution in [2.45, 2.75) is 76.2 Å². The summed E-state index contributed by atoms with van der Waals surface area (Å²) >= 11 is 3.08. The molecule has 6 heterocycles. The van der Waals surface area contributed by atoms with Gasteiger partial charge in [-0.25, -0.2) is 4.79 Å². The van der Waals surface area contributed by atoms with Gasteiger partial charge in [-0.05, 0) is 115 Å². The first-order valence-corrected chi connectivity index (χ1v) is 23.0. The number of rotatable bonds is 15. The highest BCUT2D eigenvalue weighted by atomic mass is 32.1. The van der Waals surface area contributed by atoms with E-state index >= 15 is 0 Å². The highest BCUT2D eigenvalue weighted by Crippen LogP contribution is 2.33. The van der Waals surface area contributed by atoms with Crippen molar-refractivity contribution >= 4 is 46.5 Å². The third-order valence-electron chi connectivity index (χ3n) is 10.4. The Morgan fingerprint density at radius 3 is 2.48 bits per heavy atom. The summed E-state index contributed by atoms with van der Waals surface area (Å²) in [6.45, 7) is 5.18. The number of carbonyl (C=O) groups is 3. The van der Waals surface area contributed by atoms with Crippen LogP contribution in [0.3, 0.4) is 0 Å². The fraction of sp³-hybridized carbons (Fsp3) is 0.404. The number of aliphatic hydroxyl groups is 2. The summed E-state index contributed by atoms with van der Waals surface area (Å²) in [6, 6.07) is 18.3. The maximum Gasteiger partial charge on any atom is 0.405 e. The Morgan fingerprint density at radius 2 is 1.77 bits per heavy atom. The van der Waals surface area contributed by atoms with Crippen molar-refractivity contribution in [3.63, 3.8) is 0 Å². The van der Waals surface area contributed by atoms with Crippen LogP contribution in [0.15, 0.2) is 105 Å². The van der Waals surface area contributed by atoms with Gasteiger partial charge in [-0.15, -0.1) is 0 Å². The predicted molar refractivity (Wildman–Crippen MR) is 242 cm³/mol. The molecule has 4 aromatic heterocycles. The van der Waals surface area contributed by atoms with Gasteiger partial charge in [-0.1, -0.05) is 24.3 Å². The van der Waals surface area contributed by atoms with E-state index in [-0.39, 0.29) is 44.5 Å². The van der Waals surface area contributed by atoms with E-state index in [0.717, 1.165) is 11.1 Å². The lowest BCUT2D eigenvalue weighted by atomic mass is 9.91. The van der Waals surface area contributed by atoms with Crippen LogP contribution in [0.25, 0.3) is 17.5 Å². The molecule has 7 rings (SSSR count). The van der Waals surface area contributed by atoms with Crippen molar-refractivity contribution in [1.29, 1.82) is 0 Å². The SMILES string of the molecule is CC(C)(C)OC(=O)/C=C/c1ccsc1.O=C(N[C@H]1c2ccccc2OC[C@H]1O)[C@H](Cc1ccsc1)C[C@H](O)CN1CCN(Cc2ccc(-c3ccccn3)o2)C[C@H]1C(=O)NCC(F)(F)F. The number of nitrogens with zero attached hydrogens (tertiary/aromatic N) is 3. The number of hydrogen-bond donors (Lipinski definition) is 4. The van der Waals surface area contributed by atoms with Crippen molar-refractivity contribution in [2.75, 3.05) is 39.3 Å². The molecule has 4 N–H and O–H groups in total. The van der Waals surface area contributed by atoms with Crippen LogP contribution in [-0.4, -0.2) is 112 Å². The normalized spacial score (nSPS) is 19.0. The second-order valence-corrected chi connectivity index (χ2v) is 18.4. The van der Waals surface area contributed by atoms with Crippen LogP contribution in [0.4, 0.5) is 13.2 Å². The minimum atomic E-state index is -4.59. The maximum absolute atomic E-state index is 13.8. The molecule has 0 aliphatic carbocycles. The summed E-state index contributed by atoms with van der Waals surface area (Å²) in [5.74, 6) is -0.434. The van der Waals surface area contributed by atoms with Crippen LogP contribution in [-0.2, 0) is 32.1 Å². The highest BCUT2D eigenvalue weighted by molar-refractivity contribution is 7.08. The first-order valence-electron chi connectivity index (χ1n) is 21.1. The largest absolute Gasteiger partial charge is 0.490 e. The molecule has 13 nitrogen and oxygen atoms in total. The molecule has 18 heteroatoms. The Morgan fingerprint density at radius 1 is 1.00 bits per heavy atom. The fourth-order valence-corrected chi connectivity index (χ4v) is 8.75. The monoisotopic (exact) mass is 937 g/mol. The van der Waals surface area contributed by atoms with E-state index < -0.39 is 54.4 Å². The number of carbonyl (C=O) groups excluding carboxylic acids is 3. The first kappa shape index (κ1) is 49.1. The third-order valence-corrected chi connectivity index (χ3v) is 11.9. The van der Waals surface area contributed by atoms with Gasteiger partial charge < -0.3 is 34.7 Å². The molecule has 0 saturated carbocycles. The number of benzene rings is 1. The second kappa shape index (κ2) is 22.7. The molecule has 1 aromatic carbocycles. The smallest absolute Gasteiger partial charge is 0.405 e. The lowest BCUT2D eigenvalue weighted by molar-refractivity contribution is -0.148. The quantitative estimate of drug-likeness (QED) is 0.0638. The number of nitrogens with one attached hydrogen (secondary N) is 2. The Balaban J connectivity index is 0.000000427. The molecule has 0 radical (unpaired) electrons. The van der Waals surface area contributed by atoms with Gasteiger partial charge in [0.25, 0.3) is 0 Å². The molecule has 5 aromatic rings. The number of aliphatic hydroxyl groups excluding tert-OH is 2. The summed E-state index contributed by atoms with van der Waals surface area (Å²) < 4.78 is 56.0. The number of furan rings is 1. The summed E-state index contributed by atoms with van der Waals surface area (Å²) in [5, 5.41) is 34.9. The Labute approximate surface area is 383 Å². The van der Waals surface area contributed by atoms with E-state index in [1.165, 1.54) is 17.4 Å². The average Bonchev–Trinajstić information content (AvgIpc) is 4.08. The van der Waals surface area contributed by atoms with Gasteiger partial charge >= 0.3 is 12.1 Å². The molecule has 2 amide bonds. The zero-order valence-corrected chi connectivity index (χ0v) is 37.9. The van der Waals surface area contributed by atoms with Gasteiger partial charge in [-0.3, -0.25) is 24.4 Å². The maximum atomic E-state index is 13.8. The molecule has 65 heavy (non-hydrogen) atoms. The summed E-state index contributed by atoms with van der Waals surface area (Å²) in [5.41, 5.74) is 2.82. The third kappa shape index (κ3) is 15.4. The van der Waals surface area contributed by atoms with E-state index in [1.807, 2.05) is 76.8 Å². The van der Waals surface area contributed by atoms with Crippen molar-refractivity contribution in [3.05, 3.63) is 123 Å². The number of esters is 1. The van der Waals surface area contributed by atoms with Crippen LogP contribution in [0.1, 0.15) is 55.7 Å². The molecule has 1 fully saturated rings. The Bertz CT molecular complexity index is 2300. The molecule has 5 atom stereocenters. The molecule has 0 bridgehead atoms. The number of alkyl halides is 3. The number of pyridine rings is 1. The lowest BCUT2D eigenvalue weighted by Gasteiger charge is -2.41. The van der Waals surface area contributed by atoms with Crippen LogP contribution in [0.5, 0.6) is 5.75 Å². The zero-order chi connectivity index (χ0) is 46.6. The van der Waals surface area contributed by atoms with Gasteiger partial charge in [0.2, 0.25) is 11.8 Å². The molecule has 1 saturated heterocycles. The van der Waals surface area contributed by atoms with Gasteiger partial charge in [-0.2, -0.15) is 35.8 Å². The van der Waals surface area contributed by atoms with Gasteiger partial charge in [0.05, 0.1) is 18.7 Å². The Kier molecular flexibility index (Phi) is 17.1. The Hall–Kier alpha value is -5.37. The lowest BCUT2D eigenvalue weighted by Crippen LogP contribution is -2.60. The molecule has 0 unspecified atom stereocenters. The number of β-amino-alcohol motifs (C(OH)–C–C–N with tert-alkyl or cyclic N) is 1. The summed E-state index contributed by atoms with van der Waals surface area (Å²) in [4.78, 5) is 46.2. The number of hydrogen-bond acceptors (Lipinski definition) is 13. The number of piperazine rings is 1. The topological polar surface area (TPSA) is 167 Å². The highest BCUT2D eigenvalue weighted by Gasteiger charge is 2.38. The van der Waals surface area contributed by atoms with Crippen LogP contribution >= 0.6 is 22.7 Å². The number of fused-ring (bicyclic) bond motifs is 1. The van der Waals surface area contributed by atoms with Crippen LogP contribution in [0, 0.1) is 5.92 Å². The average molecular weight is 938 g/mol. The van der Waals surface area contributed by atoms with E-state index in [0.29, 0.717) is 48.0 Å². The number of para-hydroxylation sites is 1. The number of aromatic nitrogens is 1. The second-order valence-electron chi connectivity index (χ2n) is 16.8. The van der Waals surface area contributed by atoms with Crippen molar-refractivity contribution in [2.24, 2.45) is 5.92 Å². The van der Waals surface area contributed by atoms with Crippen LogP contribution in [0.2, 0.25) is 0 Å². The van der Waals surface area contributed by atoms with E-state index in [1.54, 1.807) is 71.0 Å². The minimum Gasteiger partial charge on any atom is -0.490 e. The van der Waals surface area contributed by atoms with E-state index in [4.69, 9.17) is 13.9 Å². The number of amides is 2. The standard InChI is InChI=1S/C36H40F3N5O6S.C11H14O2S/c37-36(38,39)22-41-35(48)29-19-43(18-26-8-9-32(50-26)28-6-3-4-11-40-28)12-13-44(29)17-25(45)16-24(15-23-10-14-51-21-23)34(47)42-33-27-5-1-2-7-31(27)49-20-30(33)46;1-11(2,3)13-10(12)5-4-9-6-7-14-8-9/h1-11,14,21,24-25,29-30,33,45-46H,12-13,15-20,22H2,(H,41,48)(H,42,47);4-8H,1-3H3/b;5-4+/t24-,25+,29+,30-,33+;/m1./s1. The molecule has 2 aliphatic rings. The summed E-state index contributed by atoms with van der Waals surface area (Å²) in [7, 11) is 0. The molecule has 2 aliphatic heterocycles. The molecule has 348 valence electrons. The number of halogens is 3. The summed E-state index contributed by atoms with van der Waals surface area (Å²) in [6.07, 6.45) is -1.47. The molecule has 0 spiro atoms. The number of ether oxygens (including phenoxy) is 2. The van der Waals surface area contributed by atoms with Crippen molar-refractivity contribution in [1.82, 2.24) is 25.4 Å². The van der Waals surface area contributed by atoms with Gasteiger partial charge in [0.1, 0.15) is 48.1 Å². The van der Waals surface area contributed by atoms with Crippen LogP contribution < -0.4 is 15.4 Å². The van der Waals surface area contributed by atoms with E-state index in [9.17, 15) is 37.8 Å². The van der Waals surface area contributed by atoms with Gasteiger partial charge in [0, 0.05) is 49.9 Å². The van der Waals surface area contributed by atoms with Crippen molar-refractivity contribution < 1.29 is 51.7 Å². The molecular formula is C47H54F3N5O8S2. The van der Waals surface area contributed by atoms with Crippen molar-refractivity contribution in [3.8, 4) is 17.2 Å². The fourth-order valence-electron chi connectivity index (χ4n) is 7.44. The first-order chi connectivity index (χ1) is 31.0. The van der Waals surface area contributed by atoms with Gasteiger partial charge in [0.15, 0.2) is 5.76 Å². The predicted octanol–water partition coefficient (Wildman–Crippen LogP) is 6.89. The van der Waals surface area contributed by atoms with E-state index in [2.05, 4.69) is 10.3 Å². The zero-order valence-electron chi connectivity index (χ0n) is 36.3. The number of thiophene rings is 2.